The van der Waals surface area contributed by atoms with Crippen molar-refractivity contribution in [1.29, 1.82) is 0 Å². The average Bonchev–Trinajstić information content (AvgIpc) is 2.73. The quantitative estimate of drug-likeness (QED) is 0.292. The standard InChI is InChI=1S/C27H23NO/c1-18-13-15-24-23(17-18)27(22-11-5-4-6-12-22)26(20(3)28-24)25(29)16-14-21-10-8-7-9-19(21)2/h4-17H,1-3H3. The van der Waals surface area contributed by atoms with Crippen LogP contribution in [0.1, 0.15) is 32.7 Å². The zero-order valence-electron chi connectivity index (χ0n) is 16.9. The van der Waals surface area contributed by atoms with E-state index < -0.39 is 0 Å². The van der Waals surface area contributed by atoms with Gasteiger partial charge in [-0.25, -0.2) is 0 Å². The number of allylic oxidation sites excluding steroid dienone is 1. The molecule has 0 atom stereocenters. The van der Waals surface area contributed by atoms with Crippen molar-refractivity contribution in [2.24, 2.45) is 0 Å². The third kappa shape index (κ3) is 3.74. The first kappa shape index (κ1) is 18.8. The number of nitrogens with zero attached hydrogens (tertiary/aromatic N) is 1. The summed E-state index contributed by atoms with van der Waals surface area (Å²) in [5.41, 5.74) is 7.64. The lowest BCUT2D eigenvalue weighted by Crippen LogP contribution is -2.05. The molecule has 0 spiro atoms. The van der Waals surface area contributed by atoms with Crippen LogP contribution in [0.4, 0.5) is 0 Å². The van der Waals surface area contributed by atoms with Crippen LogP contribution in [0.15, 0.2) is 78.9 Å². The molecule has 29 heavy (non-hydrogen) atoms. The van der Waals surface area contributed by atoms with Gasteiger partial charge in [0.1, 0.15) is 0 Å². The van der Waals surface area contributed by atoms with E-state index in [1.807, 2.05) is 68.5 Å². The molecule has 0 aliphatic rings. The van der Waals surface area contributed by atoms with Crippen molar-refractivity contribution < 1.29 is 4.79 Å². The summed E-state index contributed by atoms with van der Waals surface area (Å²) in [6.07, 6.45) is 3.56. The van der Waals surface area contributed by atoms with Gasteiger partial charge < -0.3 is 0 Å². The number of aryl methyl sites for hydroxylation is 3. The van der Waals surface area contributed by atoms with Crippen LogP contribution < -0.4 is 0 Å². The number of pyridine rings is 1. The first-order valence-electron chi connectivity index (χ1n) is 9.79. The molecule has 2 heteroatoms. The normalized spacial score (nSPS) is 11.3. The van der Waals surface area contributed by atoms with Crippen LogP contribution in [0.25, 0.3) is 28.1 Å². The molecular weight excluding hydrogens is 354 g/mol. The zero-order valence-corrected chi connectivity index (χ0v) is 16.9. The predicted molar refractivity (Wildman–Crippen MR) is 121 cm³/mol. The number of rotatable bonds is 4. The Labute approximate surface area is 171 Å². The topological polar surface area (TPSA) is 30.0 Å². The molecule has 4 rings (SSSR count). The lowest BCUT2D eigenvalue weighted by Gasteiger charge is -2.15. The maximum absolute atomic E-state index is 13.3. The monoisotopic (exact) mass is 377 g/mol. The number of carbonyl (C=O) groups excluding carboxylic acids is 1. The lowest BCUT2D eigenvalue weighted by molar-refractivity contribution is 0.104. The van der Waals surface area contributed by atoms with E-state index in [1.165, 1.54) is 0 Å². The van der Waals surface area contributed by atoms with Crippen molar-refractivity contribution in [3.63, 3.8) is 0 Å². The SMILES string of the molecule is Cc1ccc2nc(C)c(C(=O)C=Cc3ccccc3C)c(-c3ccccc3)c2c1. The summed E-state index contributed by atoms with van der Waals surface area (Å²) in [7, 11) is 0. The van der Waals surface area contributed by atoms with Crippen molar-refractivity contribution in [1.82, 2.24) is 4.98 Å². The van der Waals surface area contributed by atoms with Gasteiger partial charge in [0.15, 0.2) is 5.78 Å². The van der Waals surface area contributed by atoms with E-state index in [0.29, 0.717) is 5.56 Å². The Morgan fingerprint density at radius 2 is 1.59 bits per heavy atom. The van der Waals surface area contributed by atoms with Gasteiger partial charge in [0.2, 0.25) is 0 Å². The molecular formula is C27H23NO. The van der Waals surface area contributed by atoms with Crippen LogP contribution >= 0.6 is 0 Å². The summed E-state index contributed by atoms with van der Waals surface area (Å²) >= 11 is 0. The van der Waals surface area contributed by atoms with E-state index in [9.17, 15) is 4.79 Å². The average molecular weight is 377 g/mol. The Morgan fingerprint density at radius 3 is 2.34 bits per heavy atom. The van der Waals surface area contributed by atoms with Crippen molar-refractivity contribution in [2.75, 3.05) is 0 Å². The fourth-order valence-electron chi connectivity index (χ4n) is 3.73. The van der Waals surface area contributed by atoms with Gasteiger partial charge in [0.25, 0.3) is 0 Å². The van der Waals surface area contributed by atoms with E-state index in [2.05, 4.69) is 31.2 Å². The first-order chi connectivity index (χ1) is 14.0. The van der Waals surface area contributed by atoms with Gasteiger partial charge in [0.05, 0.1) is 11.1 Å². The van der Waals surface area contributed by atoms with Gasteiger partial charge in [0, 0.05) is 16.6 Å². The highest BCUT2D eigenvalue weighted by atomic mass is 16.1. The molecule has 0 saturated heterocycles. The molecule has 0 amide bonds. The smallest absolute Gasteiger partial charge is 0.188 e. The predicted octanol–water partition coefficient (Wildman–Crippen LogP) is 6.72. The summed E-state index contributed by atoms with van der Waals surface area (Å²) < 4.78 is 0. The molecule has 0 aliphatic carbocycles. The minimum absolute atomic E-state index is 0.0273. The molecule has 0 unspecified atom stereocenters. The molecule has 0 radical (unpaired) electrons. The number of carbonyl (C=O) groups is 1. The second kappa shape index (κ2) is 7.84. The minimum atomic E-state index is -0.0273. The summed E-state index contributed by atoms with van der Waals surface area (Å²) in [5.74, 6) is -0.0273. The van der Waals surface area contributed by atoms with Gasteiger partial charge in [-0.2, -0.15) is 0 Å². The molecule has 4 aromatic rings. The molecule has 0 N–H and O–H groups in total. The Hall–Kier alpha value is -3.52. The van der Waals surface area contributed by atoms with Crippen molar-refractivity contribution in [2.45, 2.75) is 20.8 Å². The first-order valence-corrected chi connectivity index (χ1v) is 9.79. The van der Waals surface area contributed by atoms with E-state index in [4.69, 9.17) is 4.98 Å². The highest BCUT2D eigenvalue weighted by Crippen LogP contribution is 2.34. The third-order valence-corrected chi connectivity index (χ3v) is 5.23. The number of aromatic nitrogens is 1. The number of hydrogen-bond acceptors (Lipinski definition) is 2. The van der Waals surface area contributed by atoms with Crippen molar-refractivity contribution in [3.05, 3.63) is 107 Å². The van der Waals surface area contributed by atoms with E-state index in [-0.39, 0.29) is 5.78 Å². The molecule has 0 bridgehead atoms. The maximum Gasteiger partial charge on any atom is 0.188 e. The van der Waals surface area contributed by atoms with Crippen LogP contribution in [0.5, 0.6) is 0 Å². The summed E-state index contributed by atoms with van der Waals surface area (Å²) in [6.45, 7) is 6.03. The van der Waals surface area contributed by atoms with Crippen LogP contribution in [0, 0.1) is 20.8 Å². The van der Waals surface area contributed by atoms with E-state index >= 15 is 0 Å². The molecule has 1 aromatic heterocycles. The third-order valence-electron chi connectivity index (χ3n) is 5.23. The molecule has 2 nitrogen and oxygen atoms in total. The largest absolute Gasteiger partial charge is 0.289 e. The van der Waals surface area contributed by atoms with Gasteiger partial charge in [-0.15, -0.1) is 0 Å². The van der Waals surface area contributed by atoms with Crippen molar-refractivity contribution >= 4 is 22.8 Å². The lowest BCUT2D eigenvalue weighted by atomic mass is 9.91. The number of benzene rings is 3. The van der Waals surface area contributed by atoms with Crippen LogP contribution in [0.2, 0.25) is 0 Å². The molecule has 0 aliphatic heterocycles. The summed E-state index contributed by atoms with van der Waals surface area (Å²) in [5, 5.41) is 1.01. The fourth-order valence-corrected chi connectivity index (χ4v) is 3.73. The molecule has 142 valence electrons. The van der Waals surface area contributed by atoms with Crippen LogP contribution in [-0.4, -0.2) is 10.8 Å². The summed E-state index contributed by atoms with van der Waals surface area (Å²) in [4.78, 5) is 18.1. The second-order valence-corrected chi connectivity index (χ2v) is 7.39. The van der Waals surface area contributed by atoms with Gasteiger partial charge in [-0.05, 0) is 55.7 Å². The maximum atomic E-state index is 13.3. The van der Waals surface area contributed by atoms with Gasteiger partial charge in [-0.3, -0.25) is 9.78 Å². The Balaban J connectivity index is 1.93. The van der Waals surface area contributed by atoms with Gasteiger partial charge in [-0.1, -0.05) is 72.3 Å². The molecule has 3 aromatic carbocycles. The zero-order chi connectivity index (χ0) is 20.4. The van der Waals surface area contributed by atoms with Crippen LogP contribution in [-0.2, 0) is 0 Å². The highest BCUT2D eigenvalue weighted by Gasteiger charge is 2.19. The molecule has 1 heterocycles. The molecule has 0 fully saturated rings. The number of fused-ring (bicyclic) bond motifs is 1. The van der Waals surface area contributed by atoms with Gasteiger partial charge >= 0.3 is 0 Å². The number of ketones is 1. The fraction of sp³-hybridized carbons (Fsp3) is 0.111. The Bertz CT molecular complexity index is 1240. The molecule has 0 saturated carbocycles. The van der Waals surface area contributed by atoms with E-state index in [1.54, 1.807) is 6.08 Å². The highest BCUT2D eigenvalue weighted by molar-refractivity contribution is 6.16. The minimum Gasteiger partial charge on any atom is -0.289 e. The summed E-state index contributed by atoms with van der Waals surface area (Å²) in [6, 6.07) is 24.4. The number of hydrogen-bond donors (Lipinski definition) is 0. The Morgan fingerprint density at radius 1 is 0.862 bits per heavy atom. The van der Waals surface area contributed by atoms with Crippen molar-refractivity contribution in [3.8, 4) is 11.1 Å². The van der Waals surface area contributed by atoms with Crippen LogP contribution in [0.3, 0.4) is 0 Å². The van der Waals surface area contributed by atoms with E-state index in [0.717, 1.165) is 44.4 Å². The Kier molecular flexibility index (Phi) is 5.09. The second-order valence-electron chi connectivity index (χ2n) is 7.39.